The van der Waals surface area contributed by atoms with Crippen LogP contribution in [0.25, 0.3) is 10.3 Å². The van der Waals surface area contributed by atoms with Crippen LogP contribution in [-0.4, -0.2) is 52.0 Å². The molecule has 1 aliphatic carbocycles. The molecule has 0 bridgehead atoms. The van der Waals surface area contributed by atoms with E-state index >= 15 is 0 Å². The van der Waals surface area contributed by atoms with Crippen LogP contribution in [0.2, 0.25) is 0 Å². The largest absolute Gasteiger partial charge is 0.396 e. The van der Waals surface area contributed by atoms with Gasteiger partial charge in [0.1, 0.15) is 21.0 Å². The summed E-state index contributed by atoms with van der Waals surface area (Å²) in [6.45, 7) is 2.40. The molecule has 1 saturated heterocycles. The van der Waals surface area contributed by atoms with Crippen LogP contribution in [0.4, 0.5) is 20.3 Å². The van der Waals surface area contributed by atoms with Gasteiger partial charge in [-0.05, 0) is 44.2 Å². The summed E-state index contributed by atoms with van der Waals surface area (Å²) >= 11 is 1.25. The van der Waals surface area contributed by atoms with Crippen molar-refractivity contribution in [2.24, 2.45) is 5.73 Å². The van der Waals surface area contributed by atoms with E-state index in [9.17, 15) is 13.6 Å². The first-order valence-electron chi connectivity index (χ1n) is 10.9. The van der Waals surface area contributed by atoms with Crippen molar-refractivity contribution in [2.75, 3.05) is 23.7 Å². The van der Waals surface area contributed by atoms with Crippen molar-refractivity contribution in [1.82, 2.24) is 20.3 Å². The van der Waals surface area contributed by atoms with Crippen LogP contribution in [0.1, 0.15) is 39.5 Å². The first kappa shape index (κ1) is 21.9. The standard InChI is InChI=1S/C22H25F2N7OS/c1-11-9-27-17-16(25)18(33-20(17)28-11)19(32)29-13-3-4-14-12(8-13)2-5-15(30-14)31-7-6-22(26,10-31)21(23)24/h2,5,9,13,21H,3-4,6-8,10,25-26H2,1H3,(H,29,32). The summed E-state index contributed by atoms with van der Waals surface area (Å²) in [5.74, 6) is 0.453. The van der Waals surface area contributed by atoms with Gasteiger partial charge >= 0.3 is 0 Å². The number of aromatic nitrogens is 3. The van der Waals surface area contributed by atoms with Crippen molar-refractivity contribution in [3.05, 3.63) is 40.2 Å². The van der Waals surface area contributed by atoms with Crippen LogP contribution in [0.5, 0.6) is 0 Å². The topological polar surface area (TPSA) is 123 Å². The maximum atomic E-state index is 13.2. The number of nitrogen functional groups attached to an aromatic ring is 1. The molecule has 0 aromatic carbocycles. The lowest BCUT2D eigenvalue weighted by Gasteiger charge is -2.27. The molecule has 0 saturated carbocycles. The molecule has 4 heterocycles. The van der Waals surface area contributed by atoms with Gasteiger partial charge in [-0.25, -0.2) is 23.7 Å². The molecule has 174 valence electrons. The van der Waals surface area contributed by atoms with E-state index in [4.69, 9.17) is 16.5 Å². The van der Waals surface area contributed by atoms with Crippen molar-refractivity contribution in [2.45, 2.75) is 50.6 Å². The highest BCUT2D eigenvalue weighted by Crippen LogP contribution is 2.32. The van der Waals surface area contributed by atoms with Crippen LogP contribution in [0.3, 0.4) is 0 Å². The number of alkyl halides is 2. The van der Waals surface area contributed by atoms with E-state index < -0.39 is 12.0 Å². The summed E-state index contributed by atoms with van der Waals surface area (Å²) in [5, 5.41) is 3.08. The second kappa shape index (κ2) is 8.14. The van der Waals surface area contributed by atoms with Crippen LogP contribution in [0.15, 0.2) is 18.3 Å². The summed E-state index contributed by atoms with van der Waals surface area (Å²) in [6.07, 6.45) is 1.38. The van der Waals surface area contributed by atoms with Gasteiger partial charge in [-0.3, -0.25) is 4.79 Å². The zero-order valence-corrected chi connectivity index (χ0v) is 19.0. The maximum absolute atomic E-state index is 13.2. The van der Waals surface area contributed by atoms with Crippen LogP contribution >= 0.6 is 11.3 Å². The van der Waals surface area contributed by atoms with Crippen molar-refractivity contribution in [3.8, 4) is 0 Å². The molecule has 8 nitrogen and oxygen atoms in total. The molecule has 33 heavy (non-hydrogen) atoms. The molecule has 3 aromatic rings. The number of rotatable bonds is 4. The number of nitrogens with two attached hydrogens (primary N) is 2. The molecule has 3 aromatic heterocycles. The molecule has 5 N–H and O–H groups in total. The average Bonchev–Trinajstić information content (AvgIpc) is 3.34. The molecule has 1 fully saturated rings. The predicted octanol–water partition coefficient (Wildman–Crippen LogP) is 2.44. The van der Waals surface area contributed by atoms with Gasteiger partial charge in [-0.2, -0.15) is 0 Å². The number of nitrogens with one attached hydrogen (secondary N) is 1. The zero-order chi connectivity index (χ0) is 23.3. The molecule has 1 aliphatic heterocycles. The van der Waals surface area contributed by atoms with E-state index in [1.807, 2.05) is 24.0 Å². The molecular formula is C22H25F2N7OS. The Labute approximate surface area is 193 Å². The number of thiophene rings is 1. The van der Waals surface area contributed by atoms with E-state index in [0.29, 0.717) is 46.1 Å². The third kappa shape index (κ3) is 3.99. The number of nitrogens with zero attached hydrogens (tertiary/aromatic N) is 4. The average molecular weight is 474 g/mol. The third-order valence-electron chi connectivity index (χ3n) is 6.44. The molecule has 11 heteroatoms. The van der Waals surface area contributed by atoms with Gasteiger partial charge in [-0.15, -0.1) is 11.3 Å². The fourth-order valence-corrected chi connectivity index (χ4v) is 5.52. The number of halogens is 2. The fraction of sp³-hybridized carbons (Fsp3) is 0.455. The SMILES string of the molecule is Cc1cnc2c(N)c(C(=O)NC3CCc4nc(N5CCC(N)(C(F)F)C5)ccc4C3)sc2n1. The summed E-state index contributed by atoms with van der Waals surface area (Å²) in [7, 11) is 0. The first-order valence-corrected chi connectivity index (χ1v) is 11.7. The maximum Gasteiger partial charge on any atom is 0.263 e. The smallest absolute Gasteiger partial charge is 0.263 e. The number of pyridine rings is 1. The van der Waals surface area contributed by atoms with Gasteiger partial charge in [0.05, 0.1) is 16.9 Å². The van der Waals surface area contributed by atoms with Crippen molar-refractivity contribution in [1.29, 1.82) is 0 Å². The lowest BCUT2D eigenvalue weighted by molar-refractivity contribution is 0.0655. The number of amides is 1. The summed E-state index contributed by atoms with van der Waals surface area (Å²) in [6, 6.07) is 3.77. The normalized spacial score (nSPS) is 22.7. The number of carbonyl (C=O) groups excluding carboxylic acids is 1. The zero-order valence-electron chi connectivity index (χ0n) is 18.1. The minimum atomic E-state index is -2.56. The summed E-state index contributed by atoms with van der Waals surface area (Å²) < 4.78 is 26.5. The Bertz CT molecular complexity index is 1230. The summed E-state index contributed by atoms with van der Waals surface area (Å²) in [5.41, 5.74) is 14.2. The first-order chi connectivity index (χ1) is 15.7. The Kier molecular flexibility index (Phi) is 5.40. The van der Waals surface area contributed by atoms with E-state index in [0.717, 1.165) is 23.4 Å². The molecule has 2 unspecified atom stereocenters. The number of hydrogen-bond acceptors (Lipinski definition) is 8. The highest BCUT2D eigenvalue weighted by Gasteiger charge is 2.43. The Hall–Kier alpha value is -2.92. The van der Waals surface area contributed by atoms with Gasteiger partial charge in [0, 0.05) is 31.0 Å². The Morgan fingerprint density at radius 1 is 1.36 bits per heavy atom. The summed E-state index contributed by atoms with van der Waals surface area (Å²) in [4.78, 5) is 29.2. The predicted molar refractivity (Wildman–Crippen MR) is 124 cm³/mol. The Balaban J connectivity index is 1.27. The highest BCUT2D eigenvalue weighted by atomic mass is 32.1. The van der Waals surface area contributed by atoms with Crippen molar-refractivity contribution in [3.63, 3.8) is 0 Å². The quantitative estimate of drug-likeness (QED) is 0.532. The third-order valence-corrected chi connectivity index (χ3v) is 7.53. The van der Waals surface area contributed by atoms with Crippen molar-refractivity contribution >= 4 is 39.1 Å². The van der Waals surface area contributed by atoms with Crippen molar-refractivity contribution < 1.29 is 13.6 Å². The monoisotopic (exact) mass is 473 g/mol. The van der Waals surface area contributed by atoms with Crippen LogP contribution < -0.4 is 21.7 Å². The highest BCUT2D eigenvalue weighted by molar-refractivity contribution is 7.21. The number of hydrogen-bond donors (Lipinski definition) is 3. The lowest BCUT2D eigenvalue weighted by atomic mass is 9.91. The van der Waals surface area contributed by atoms with Gasteiger partial charge in [0.15, 0.2) is 0 Å². The molecule has 2 atom stereocenters. The second-order valence-electron chi connectivity index (χ2n) is 8.90. The van der Waals surface area contributed by atoms with Gasteiger partial charge in [0.2, 0.25) is 0 Å². The van der Waals surface area contributed by atoms with Gasteiger partial charge < -0.3 is 21.7 Å². The van der Waals surface area contributed by atoms with E-state index in [1.54, 1.807) is 6.20 Å². The van der Waals surface area contributed by atoms with E-state index in [-0.39, 0.29) is 24.9 Å². The van der Waals surface area contributed by atoms with E-state index in [1.165, 1.54) is 11.3 Å². The minimum Gasteiger partial charge on any atom is -0.396 e. The number of fused-ring (bicyclic) bond motifs is 2. The molecule has 5 rings (SSSR count). The second-order valence-corrected chi connectivity index (χ2v) is 9.90. The van der Waals surface area contributed by atoms with Gasteiger partial charge in [0.25, 0.3) is 12.3 Å². The minimum absolute atomic E-state index is 0.0489. The lowest BCUT2D eigenvalue weighted by Crippen LogP contribution is -2.49. The Morgan fingerprint density at radius 3 is 2.94 bits per heavy atom. The Morgan fingerprint density at radius 2 is 2.18 bits per heavy atom. The van der Waals surface area contributed by atoms with Crippen LogP contribution in [-0.2, 0) is 12.8 Å². The molecule has 2 aliphatic rings. The number of carbonyl (C=O) groups is 1. The fourth-order valence-electron chi connectivity index (χ4n) is 4.52. The number of anilines is 2. The van der Waals surface area contributed by atoms with E-state index in [2.05, 4.69) is 15.3 Å². The molecule has 1 amide bonds. The number of aryl methyl sites for hydroxylation is 2. The molecular weight excluding hydrogens is 448 g/mol. The van der Waals surface area contributed by atoms with Crippen LogP contribution in [0, 0.1) is 6.92 Å². The molecule has 0 spiro atoms. The van der Waals surface area contributed by atoms with Gasteiger partial charge in [-0.1, -0.05) is 6.07 Å². The molecule has 0 radical (unpaired) electrons.